The molecule has 0 amide bonds. The Morgan fingerprint density at radius 1 is 1.17 bits per heavy atom. The van der Waals surface area contributed by atoms with E-state index < -0.39 is 5.82 Å². The van der Waals surface area contributed by atoms with Gasteiger partial charge in [-0.3, -0.25) is 0 Å². The van der Waals surface area contributed by atoms with Crippen molar-refractivity contribution in [2.75, 3.05) is 31.5 Å². The molecule has 1 saturated heterocycles. The molecule has 0 atom stereocenters. The van der Waals surface area contributed by atoms with Crippen molar-refractivity contribution in [1.82, 2.24) is 14.9 Å². The zero-order valence-corrected chi connectivity index (χ0v) is 16.7. The molecule has 1 fully saturated rings. The first-order chi connectivity index (χ1) is 14.1. The number of ether oxygens (including phenoxy) is 1. The topological polar surface area (TPSA) is 76.3 Å². The Labute approximate surface area is 173 Å². The van der Waals surface area contributed by atoms with E-state index in [0.29, 0.717) is 18.1 Å². The summed E-state index contributed by atoms with van der Waals surface area (Å²) in [4.78, 5) is 11.0. The molecule has 0 spiro atoms. The number of halogens is 2. The van der Waals surface area contributed by atoms with Crippen LogP contribution in [0.5, 0.6) is 5.75 Å². The van der Waals surface area contributed by atoms with E-state index in [-0.39, 0.29) is 11.1 Å². The minimum absolute atomic E-state index is 0.0540. The van der Waals surface area contributed by atoms with Gasteiger partial charge >= 0.3 is 0 Å². The van der Waals surface area contributed by atoms with Crippen LogP contribution in [-0.4, -0.2) is 47.2 Å². The lowest BCUT2D eigenvalue weighted by Gasteiger charge is -2.31. The monoisotopic (exact) mass is 415 g/mol. The van der Waals surface area contributed by atoms with E-state index in [1.165, 1.54) is 18.5 Å². The molecule has 1 aliphatic rings. The number of aromatic nitrogens is 2. The third kappa shape index (κ3) is 4.75. The quantitative estimate of drug-likeness (QED) is 0.634. The van der Waals surface area contributed by atoms with Gasteiger partial charge < -0.3 is 20.7 Å². The molecule has 1 aliphatic heterocycles. The number of fused-ring (bicyclic) bond motifs is 1. The van der Waals surface area contributed by atoms with Gasteiger partial charge in [-0.25, -0.2) is 14.4 Å². The van der Waals surface area contributed by atoms with Crippen LogP contribution in [0.2, 0.25) is 5.02 Å². The molecule has 0 radical (unpaired) electrons. The number of hydrogen-bond donors (Lipinski definition) is 2. The van der Waals surface area contributed by atoms with Crippen LogP contribution in [0.4, 0.5) is 15.9 Å². The molecule has 8 heteroatoms. The predicted octanol–water partition coefficient (Wildman–Crippen LogP) is 3.97. The summed E-state index contributed by atoms with van der Waals surface area (Å²) in [6, 6.07) is 10.2. The predicted molar refractivity (Wildman–Crippen MR) is 113 cm³/mol. The van der Waals surface area contributed by atoms with Gasteiger partial charge in [0.1, 0.15) is 29.8 Å². The molecular weight excluding hydrogens is 393 g/mol. The van der Waals surface area contributed by atoms with Gasteiger partial charge in [-0.15, -0.1) is 0 Å². The van der Waals surface area contributed by atoms with E-state index in [2.05, 4.69) is 20.2 Å². The van der Waals surface area contributed by atoms with Gasteiger partial charge in [-0.1, -0.05) is 11.6 Å². The fourth-order valence-corrected chi connectivity index (χ4v) is 3.73. The molecule has 1 aromatic heterocycles. The molecule has 0 aliphatic carbocycles. The van der Waals surface area contributed by atoms with E-state index in [0.717, 1.165) is 49.1 Å². The van der Waals surface area contributed by atoms with Crippen LogP contribution in [0.1, 0.15) is 12.8 Å². The summed E-state index contributed by atoms with van der Waals surface area (Å²) in [7, 11) is 0. The van der Waals surface area contributed by atoms with Crippen LogP contribution < -0.4 is 15.8 Å². The van der Waals surface area contributed by atoms with Crippen LogP contribution in [0.25, 0.3) is 10.9 Å². The van der Waals surface area contributed by atoms with Gasteiger partial charge in [0.15, 0.2) is 0 Å². The second-order valence-electron chi connectivity index (χ2n) is 7.10. The number of piperidine rings is 1. The van der Waals surface area contributed by atoms with E-state index >= 15 is 0 Å². The molecule has 0 unspecified atom stereocenters. The van der Waals surface area contributed by atoms with E-state index in [9.17, 15) is 4.39 Å². The van der Waals surface area contributed by atoms with Crippen molar-refractivity contribution >= 4 is 34.0 Å². The minimum Gasteiger partial charge on any atom is -0.490 e. The first-order valence-corrected chi connectivity index (χ1v) is 10.1. The molecule has 152 valence electrons. The standard InChI is InChI=1S/C21H23ClFN5O/c22-18-11-14(1-3-19(18)23)27-21-17-12-16(2-4-20(17)25-13-26-21)29-15-5-8-28(9-6-15)10-7-24/h1-4,11-13,15H,5-10,24H2,(H,25,26,27). The van der Waals surface area contributed by atoms with Crippen molar-refractivity contribution < 1.29 is 9.13 Å². The molecule has 3 N–H and O–H groups in total. The highest BCUT2D eigenvalue weighted by molar-refractivity contribution is 6.31. The van der Waals surface area contributed by atoms with E-state index in [4.69, 9.17) is 22.1 Å². The summed E-state index contributed by atoms with van der Waals surface area (Å²) in [5.74, 6) is 0.934. The third-order valence-corrected chi connectivity index (χ3v) is 5.36. The Morgan fingerprint density at radius 3 is 2.76 bits per heavy atom. The summed E-state index contributed by atoms with van der Waals surface area (Å²) >= 11 is 5.88. The van der Waals surface area contributed by atoms with Gasteiger partial charge in [0.25, 0.3) is 0 Å². The van der Waals surface area contributed by atoms with Crippen LogP contribution in [-0.2, 0) is 0 Å². The van der Waals surface area contributed by atoms with Gasteiger partial charge in [0.05, 0.1) is 10.5 Å². The average molecular weight is 416 g/mol. The van der Waals surface area contributed by atoms with Crippen molar-refractivity contribution in [3.05, 3.63) is 53.6 Å². The smallest absolute Gasteiger partial charge is 0.141 e. The van der Waals surface area contributed by atoms with Crippen LogP contribution >= 0.6 is 11.6 Å². The Kier molecular flexibility index (Phi) is 6.08. The van der Waals surface area contributed by atoms with Crippen molar-refractivity contribution in [3.63, 3.8) is 0 Å². The summed E-state index contributed by atoms with van der Waals surface area (Å²) in [6.07, 6.45) is 3.62. The number of nitrogens with one attached hydrogen (secondary N) is 1. The molecule has 6 nitrogen and oxygen atoms in total. The lowest BCUT2D eigenvalue weighted by Crippen LogP contribution is -2.40. The Bertz CT molecular complexity index is 994. The fourth-order valence-electron chi connectivity index (χ4n) is 3.55. The number of nitrogens with zero attached hydrogens (tertiary/aromatic N) is 3. The second kappa shape index (κ2) is 8.90. The summed E-state index contributed by atoms with van der Waals surface area (Å²) < 4.78 is 19.6. The second-order valence-corrected chi connectivity index (χ2v) is 7.51. The van der Waals surface area contributed by atoms with Gasteiger partial charge in [-0.05, 0) is 49.2 Å². The molecular formula is C21H23ClFN5O. The summed E-state index contributed by atoms with van der Waals surface area (Å²) in [6.45, 7) is 3.61. The van der Waals surface area contributed by atoms with Gasteiger partial charge in [-0.2, -0.15) is 0 Å². The number of rotatable bonds is 6. The van der Waals surface area contributed by atoms with Crippen molar-refractivity contribution in [2.24, 2.45) is 5.73 Å². The Hall–Kier alpha value is -2.48. The number of nitrogens with two attached hydrogens (primary N) is 1. The fraction of sp³-hybridized carbons (Fsp3) is 0.333. The van der Waals surface area contributed by atoms with Crippen LogP contribution in [0.3, 0.4) is 0 Å². The lowest BCUT2D eigenvalue weighted by atomic mass is 10.1. The van der Waals surface area contributed by atoms with Crippen molar-refractivity contribution in [2.45, 2.75) is 18.9 Å². The third-order valence-electron chi connectivity index (χ3n) is 5.07. The summed E-state index contributed by atoms with van der Waals surface area (Å²) in [5.41, 5.74) is 7.08. The molecule has 29 heavy (non-hydrogen) atoms. The van der Waals surface area contributed by atoms with Gasteiger partial charge in [0.2, 0.25) is 0 Å². The minimum atomic E-state index is -0.460. The van der Waals surface area contributed by atoms with E-state index in [1.807, 2.05) is 18.2 Å². The maximum atomic E-state index is 13.4. The van der Waals surface area contributed by atoms with Crippen LogP contribution in [0.15, 0.2) is 42.7 Å². The zero-order chi connectivity index (χ0) is 20.2. The van der Waals surface area contributed by atoms with Crippen molar-refractivity contribution in [1.29, 1.82) is 0 Å². The number of anilines is 2. The molecule has 3 aromatic rings. The maximum Gasteiger partial charge on any atom is 0.141 e. The first-order valence-electron chi connectivity index (χ1n) is 9.68. The molecule has 0 bridgehead atoms. The summed E-state index contributed by atoms with van der Waals surface area (Å²) in [5, 5.41) is 4.07. The van der Waals surface area contributed by atoms with E-state index in [1.54, 1.807) is 6.07 Å². The number of likely N-dealkylation sites (tertiary alicyclic amines) is 1. The Balaban J connectivity index is 1.52. The molecule has 0 saturated carbocycles. The maximum absolute atomic E-state index is 13.4. The average Bonchev–Trinajstić information content (AvgIpc) is 2.73. The lowest BCUT2D eigenvalue weighted by molar-refractivity contribution is 0.102. The zero-order valence-electron chi connectivity index (χ0n) is 15.9. The van der Waals surface area contributed by atoms with Crippen molar-refractivity contribution in [3.8, 4) is 5.75 Å². The largest absolute Gasteiger partial charge is 0.490 e. The van der Waals surface area contributed by atoms with Crippen LogP contribution in [0, 0.1) is 5.82 Å². The first kappa shape index (κ1) is 19.8. The highest BCUT2D eigenvalue weighted by Crippen LogP contribution is 2.29. The highest BCUT2D eigenvalue weighted by atomic mass is 35.5. The molecule has 4 rings (SSSR count). The number of hydrogen-bond acceptors (Lipinski definition) is 6. The SMILES string of the molecule is NCCN1CCC(Oc2ccc3ncnc(Nc4ccc(F)c(Cl)c4)c3c2)CC1. The number of benzene rings is 2. The Morgan fingerprint density at radius 2 is 2.00 bits per heavy atom. The normalized spacial score (nSPS) is 15.6. The molecule has 2 aromatic carbocycles. The molecule has 2 heterocycles. The van der Waals surface area contributed by atoms with Gasteiger partial charge in [0, 0.05) is 37.3 Å². The highest BCUT2D eigenvalue weighted by Gasteiger charge is 2.20.